The van der Waals surface area contributed by atoms with E-state index in [1.807, 2.05) is 12.1 Å². The fraction of sp³-hybridized carbons (Fsp3) is 0.333. The number of fused-ring (bicyclic) bond motifs is 9. The van der Waals surface area contributed by atoms with Gasteiger partial charge in [0.1, 0.15) is 12.3 Å². The van der Waals surface area contributed by atoms with Crippen molar-refractivity contribution >= 4 is 58.1 Å². The topological polar surface area (TPSA) is 120 Å². The molecule has 7 rings (SSSR count). The first-order valence-electron chi connectivity index (χ1n) is 12.4. The second-order valence-electron chi connectivity index (χ2n) is 10.3. The minimum atomic E-state index is -0.497. The third-order valence-electron chi connectivity index (χ3n) is 8.52. The van der Waals surface area contributed by atoms with Gasteiger partial charge in [-0.3, -0.25) is 24.1 Å². The first-order valence-corrected chi connectivity index (χ1v) is 14.5. The number of hydrogen-bond acceptors (Lipinski definition) is 7. The normalized spacial score (nSPS) is 30.8. The van der Waals surface area contributed by atoms with Crippen LogP contribution in [0.2, 0.25) is 5.02 Å². The van der Waals surface area contributed by atoms with Gasteiger partial charge in [-0.2, -0.15) is 0 Å². The smallest absolute Gasteiger partial charge is 0.305 e. The van der Waals surface area contributed by atoms with E-state index >= 15 is 0 Å². The number of likely N-dealkylation sites (tertiary alicyclic amines) is 1. The van der Waals surface area contributed by atoms with Crippen LogP contribution in [0, 0.1) is 29.6 Å². The van der Waals surface area contributed by atoms with Crippen molar-refractivity contribution in [2.24, 2.45) is 29.6 Å². The molecular weight excluding hydrogens is 546 g/mol. The van der Waals surface area contributed by atoms with Gasteiger partial charge in [-0.05, 0) is 54.5 Å². The standard InChI is InChI=1S/C27H22ClN3O5S2/c28-11-5-7-12(8-6-11)29-17(33)10-31-25(34)20-14-9-15(21(20)26(31)35)22-19(14)18(13-3-1-2-4-16(13)32)23-24(37-22)30-27(36)38-23/h1-8,14-15,18-22,32H,9-10H2,(H,29,33)(H,30,36). The van der Waals surface area contributed by atoms with Gasteiger partial charge in [-0.1, -0.05) is 41.1 Å². The molecule has 3 N–H and O–H groups in total. The van der Waals surface area contributed by atoms with Gasteiger partial charge in [0, 0.05) is 32.3 Å². The Morgan fingerprint density at radius 1 is 1.05 bits per heavy atom. The second kappa shape index (κ2) is 8.72. The van der Waals surface area contributed by atoms with Gasteiger partial charge < -0.3 is 15.4 Å². The van der Waals surface area contributed by atoms with Gasteiger partial charge in [-0.25, -0.2) is 0 Å². The lowest BCUT2D eigenvalue weighted by molar-refractivity contribution is -0.143. The second-order valence-corrected chi connectivity index (χ2v) is 13.0. The summed E-state index contributed by atoms with van der Waals surface area (Å²) in [5, 5.41) is 14.8. The Morgan fingerprint density at radius 3 is 2.50 bits per heavy atom. The van der Waals surface area contributed by atoms with Crippen LogP contribution < -0.4 is 10.2 Å². The zero-order valence-electron chi connectivity index (χ0n) is 19.8. The highest BCUT2D eigenvalue weighted by Crippen LogP contribution is 2.68. The third-order valence-corrected chi connectivity index (χ3v) is 11.4. The van der Waals surface area contributed by atoms with Crippen molar-refractivity contribution in [1.82, 2.24) is 9.88 Å². The highest BCUT2D eigenvalue weighted by molar-refractivity contribution is 8.00. The lowest BCUT2D eigenvalue weighted by atomic mass is 9.68. The summed E-state index contributed by atoms with van der Waals surface area (Å²) >= 11 is 8.64. The van der Waals surface area contributed by atoms with Gasteiger partial charge in [0.15, 0.2) is 0 Å². The van der Waals surface area contributed by atoms with Crippen LogP contribution >= 0.6 is 34.7 Å². The van der Waals surface area contributed by atoms with Gasteiger partial charge in [0.05, 0.1) is 16.9 Å². The number of H-pyrrole nitrogens is 1. The lowest BCUT2D eigenvalue weighted by Gasteiger charge is -2.43. The number of nitrogens with zero attached hydrogens (tertiary/aromatic N) is 1. The Hall–Kier alpha value is -3.08. The third kappa shape index (κ3) is 3.50. The Kier molecular flexibility index (Phi) is 5.51. The maximum absolute atomic E-state index is 13.7. The summed E-state index contributed by atoms with van der Waals surface area (Å²) in [6.45, 7) is -0.335. The molecule has 3 aromatic rings. The number of anilines is 1. The highest BCUT2D eigenvalue weighted by Gasteiger charge is 2.69. The van der Waals surface area contributed by atoms with Crippen LogP contribution in [-0.4, -0.2) is 44.5 Å². The summed E-state index contributed by atoms with van der Waals surface area (Å²) < 4.78 is 0. The van der Waals surface area contributed by atoms with Crippen LogP contribution in [0.3, 0.4) is 0 Å². The van der Waals surface area contributed by atoms with E-state index in [0.717, 1.165) is 38.1 Å². The van der Waals surface area contributed by atoms with E-state index in [0.29, 0.717) is 10.7 Å². The number of imide groups is 1. The maximum Gasteiger partial charge on any atom is 0.305 e. The van der Waals surface area contributed by atoms with E-state index in [9.17, 15) is 24.3 Å². The van der Waals surface area contributed by atoms with Crippen molar-refractivity contribution in [1.29, 1.82) is 0 Å². The SMILES string of the molecule is O=C(CN1C(=O)C2C3CC(C2C1=O)C1C(c2ccccc2O)c2sc(=O)[nH]c2SC31)Nc1ccc(Cl)cc1. The molecule has 2 saturated carbocycles. The van der Waals surface area contributed by atoms with Gasteiger partial charge in [-0.15, -0.1) is 11.8 Å². The Balaban J connectivity index is 1.20. The van der Waals surface area contributed by atoms with E-state index in [4.69, 9.17) is 11.6 Å². The first-order chi connectivity index (χ1) is 18.3. The summed E-state index contributed by atoms with van der Waals surface area (Å²) in [5.74, 6) is -2.24. The molecular formula is C27H22ClN3O5S2. The minimum absolute atomic E-state index is 0.0157. The number of nitrogens with one attached hydrogen (secondary N) is 2. The number of carbonyl (C=O) groups excluding carboxylic acids is 3. The fourth-order valence-electron chi connectivity index (χ4n) is 7.21. The Bertz CT molecular complexity index is 1550. The Labute approximate surface area is 230 Å². The number of rotatable bonds is 4. The molecule has 1 aromatic heterocycles. The highest BCUT2D eigenvalue weighted by atomic mass is 35.5. The first kappa shape index (κ1) is 24.0. The van der Waals surface area contributed by atoms with Crippen LogP contribution in [0.25, 0.3) is 0 Å². The number of halogens is 1. The number of aromatic nitrogens is 1. The molecule has 0 radical (unpaired) electrons. The summed E-state index contributed by atoms with van der Waals surface area (Å²) in [7, 11) is 0. The molecule has 3 amide bonds. The molecule has 4 aliphatic rings. The van der Waals surface area contributed by atoms with Crippen LogP contribution in [0.5, 0.6) is 5.75 Å². The average molecular weight is 568 g/mol. The minimum Gasteiger partial charge on any atom is -0.508 e. The predicted octanol–water partition coefficient (Wildman–Crippen LogP) is 3.91. The molecule has 11 heteroatoms. The zero-order chi connectivity index (χ0) is 26.3. The molecule has 2 aromatic carbocycles. The summed E-state index contributed by atoms with van der Waals surface area (Å²) in [6, 6.07) is 13.8. The van der Waals surface area contributed by atoms with Crippen molar-refractivity contribution in [2.45, 2.75) is 22.6 Å². The van der Waals surface area contributed by atoms with Crippen LogP contribution in [0.4, 0.5) is 5.69 Å². The number of para-hydroxylation sites is 1. The number of aromatic amines is 1. The molecule has 0 spiro atoms. The monoisotopic (exact) mass is 567 g/mol. The molecule has 194 valence electrons. The largest absolute Gasteiger partial charge is 0.508 e. The van der Waals surface area contributed by atoms with Crippen molar-refractivity contribution in [2.75, 3.05) is 11.9 Å². The molecule has 3 fully saturated rings. The van der Waals surface area contributed by atoms with E-state index in [2.05, 4.69) is 10.3 Å². The molecule has 8 nitrogen and oxygen atoms in total. The number of aromatic hydroxyl groups is 1. The number of carbonyl (C=O) groups is 3. The molecule has 38 heavy (non-hydrogen) atoms. The Morgan fingerprint density at radius 2 is 1.76 bits per heavy atom. The number of thioether (sulfide) groups is 1. The maximum atomic E-state index is 13.7. The quantitative estimate of drug-likeness (QED) is 0.411. The average Bonchev–Trinajstić information content (AvgIpc) is 3.62. The van der Waals surface area contributed by atoms with E-state index in [-0.39, 0.29) is 57.9 Å². The number of thiazole rings is 1. The van der Waals surface area contributed by atoms with Gasteiger partial charge in [0.2, 0.25) is 17.7 Å². The van der Waals surface area contributed by atoms with E-state index < -0.39 is 17.7 Å². The number of phenolic OH excluding ortho intramolecular Hbond substituents is 1. The summed E-state index contributed by atoms with van der Waals surface area (Å²) in [4.78, 5) is 57.1. The van der Waals surface area contributed by atoms with Gasteiger partial charge in [0.25, 0.3) is 0 Å². The van der Waals surface area contributed by atoms with Crippen LogP contribution in [0.1, 0.15) is 22.8 Å². The van der Waals surface area contributed by atoms with Crippen LogP contribution in [-0.2, 0) is 14.4 Å². The number of hydrogen-bond donors (Lipinski definition) is 3. The molecule has 3 heterocycles. The molecule has 2 aliphatic carbocycles. The van der Waals surface area contributed by atoms with Gasteiger partial charge >= 0.3 is 4.87 Å². The molecule has 1 saturated heterocycles. The van der Waals surface area contributed by atoms with Crippen molar-refractivity contribution in [3.8, 4) is 5.75 Å². The molecule has 7 atom stereocenters. The summed E-state index contributed by atoms with van der Waals surface area (Å²) in [5.41, 5.74) is 1.27. The van der Waals surface area contributed by atoms with Crippen molar-refractivity contribution in [3.05, 3.63) is 73.7 Å². The summed E-state index contributed by atoms with van der Waals surface area (Å²) in [6.07, 6.45) is 0.739. The van der Waals surface area contributed by atoms with Crippen LogP contribution in [0.15, 0.2) is 58.4 Å². The lowest BCUT2D eigenvalue weighted by Crippen LogP contribution is -2.42. The number of phenols is 1. The predicted molar refractivity (Wildman–Crippen MR) is 143 cm³/mol. The fourth-order valence-corrected chi connectivity index (χ4v) is 10.2. The van der Waals surface area contributed by atoms with Crippen molar-refractivity contribution < 1.29 is 19.5 Å². The zero-order valence-corrected chi connectivity index (χ0v) is 22.2. The van der Waals surface area contributed by atoms with Crippen molar-refractivity contribution in [3.63, 3.8) is 0 Å². The number of amides is 3. The molecule has 7 unspecified atom stereocenters. The molecule has 2 aliphatic heterocycles. The number of benzene rings is 2. The van der Waals surface area contributed by atoms with E-state index in [1.54, 1.807) is 48.2 Å². The molecule has 2 bridgehead atoms. The van der Waals surface area contributed by atoms with E-state index in [1.165, 1.54) is 0 Å².